The minimum atomic E-state index is -0.0272. The minimum Gasteiger partial charge on any atom is -0.286 e. The molecule has 0 bridgehead atoms. The number of aryl methyl sites for hydroxylation is 2. The Morgan fingerprint density at radius 3 is 2.73 bits per heavy atom. The van der Waals surface area contributed by atoms with Gasteiger partial charge in [0.2, 0.25) is 5.78 Å². The van der Waals surface area contributed by atoms with Crippen LogP contribution in [0.1, 0.15) is 20.2 Å². The molecule has 0 atom stereocenters. The first kappa shape index (κ1) is 10.6. The summed E-state index contributed by atoms with van der Waals surface area (Å²) in [4.78, 5) is 13.9. The number of thiophene rings is 1. The largest absolute Gasteiger partial charge is 0.286 e. The molecule has 0 unspecified atom stereocenters. The van der Waals surface area contributed by atoms with Crippen LogP contribution >= 0.6 is 27.3 Å². The summed E-state index contributed by atoms with van der Waals surface area (Å²) < 4.78 is 2.36. The van der Waals surface area contributed by atoms with Crippen molar-refractivity contribution in [2.24, 2.45) is 7.05 Å². The first-order valence-corrected chi connectivity index (χ1v) is 5.99. The van der Waals surface area contributed by atoms with Crippen molar-refractivity contribution in [2.45, 2.75) is 6.92 Å². The zero-order chi connectivity index (χ0) is 11.0. The Kier molecular flexibility index (Phi) is 2.75. The molecule has 3 nitrogen and oxygen atoms in total. The molecule has 0 saturated heterocycles. The molecule has 0 saturated carbocycles. The van der Waals surface area contributed by atoms with E-state index in [0.717, 1.165) is 14.2 Å². The highest BCUT2D eigenvalue weighted by Gasteiger charge is 2.17. The van der Waals surface area contributed by atoms with Gasteiger partial charge in [0.1, 0.15) is 5.69 Å². The molecule has 2 aromatic heterocycles. The lowest BCUT2D eigenvalue weighted by Gasteiger charge is -1.92. The maximum absolute atomic E-state index is 12.0. The van der Waals surface area contributed by atoms with Gasteiger partial charge in [-0.25, -0.2) is 0 Å². The lowest BCUT2D eigenvalue weighted by atomic mass is 10.2. The number of nitrogens with zero attached hydrogens (tertiary/aromatic N) is 2. The third-order valence-electron chi connectivity index (χ3n) is 1.96. The van der Waals surface area contributed by atoms with Crippen LogP contribution in [0, 0.1) is 6.92 Å². The van der Waals surface area contributed by atoms with Crippen LogP contribution in [-0.2, 0) is 7.05 Å². The van der Waals surface area contributed by atoms with E-state index in [4.69, 9.17) is 0 Å². The first-order chi connectivity index (χ1) is 7.08. The Morgan fingerprint density at radius 2 is 2.27 bits per heavy atom. The summed E-state index contributed by atoms with van der Waals surface area (Å²) >= 11 is 4.81. The van der Waals surface area contributed by atoms with Crippen LogP contribution in [0.2, 0.25) is 0 Å². The van der Waals surface area contributed by atoms with Crippen molar-refractivity contribution in [1.82, 2.24) is 9.78 Å². The van der Waals surface area contributed by atoms with Gasteiger partial charge >= 0.3 is 0 Å². The monoisotopic (exact) mass is 284 g/mol. The highest BCUT2D eigenvalue weighted by molar-refractivity contribution is 9.10. The summed E-state index contributed by atoms with van der Waals surface area (Å²) in [5.74, 6) is -0.0272. The van der Waals surface area contributed by atoms with E-state index in [1.54, 1.807) is 17.9 Å². The summed E-state index contributed by atoms with van der Waals surface area (Å²) in [7, 11) is 1.79. The van der Waals surface area contributed by atoms with Gasteiger partial charge in [0.15, 0.2) is 0 Å². The molecule has 0 amide bonds. The molecule has 0 spiro atoms. The quantitative estimate of drug-likeness (QED) is 0.795. The fourth-order valence-electron chi connectivity index (χ4n) is 1.29. The van der Waals surface area contributed by atoms with Crippen molar-refractivity contribution in [3.05, 3.63) is 38.3 Å². The fourth-order valence-corrected chi connectivity index (χ4v) is 2.65. The van der Waals surface area contributed by atoms with Crippen molar-refractivity contribution in [3.63, 3.8) is 0 Å². The molecule has 0 aliphatic rings. The van der Waals surface area contributed by atoms with Crippen LogP contribution in [0.3, 0.4) is 0 Å². The fraction of sp³-hybridized carbons (Fsp3) is 0.200. The van der Waals surface area contributed by atoms with Crippen molar-refractivity contribution >= 4 is 33.0 Å². The Morgan fingerprint density at radius 1 is 1.53 bits per heavy atom. The van der Waals surface area contributed by atoms with Crippen LogP contribution in [-0.4, -0.2) is 15.6 Å². The molecule has 15 heavy (non-hydrogen) atoms. The van der Waals surface area contributed by atoms with E-state index in [0.29, 0.717) is 5.69 Å². The zero-order valence-corrected chi connectivity index (χ0v) is 10.7. The van der Waals surface area contributed by atoms with Crippen LogP contribution in [0.25, 0.3) is 0 Å². The van der Waals surface area contributed by atoms with Crippen molar-refractivity contribution in [3.8, 4) is 0 Å². The number of aromatic nitrogens is 2. The van der Waals surface area contributed by atoms with Gasteiger partial charge in [0.05, 0.1) is 9.35 Å². The molecular formula is C10H9BrN2OS. The third-order valence-corrected chi connectivity index (χ3v) is 3.54. The molecule has 0 radical (unpaired) electrons. The summed E-state index contributed by atoms with van der Waals surface area (Å²) in [5, 5.41) is 4.12. The third kappa shape index (κ3) is 2.03. The zero-order valence-electron chi connectivity index (χ0n) is 8.32. The van der Waals surface area contributed by atoms with Gasteiger partial charge < -0.3 is 0 Å². The maximum atomic E-state index is 12.0. The molecule has 2 aromatic rings. The number of hydrogen-bond acceptors (Lipinski definition) is 3. The predicted octanol–water partition coefficient (Wildman–Crippen LogP) is 2.78. The van der Waals surface area contributed by atoms with E-state index in [1.807, 2.05) is 19.1 Å². The van der Waals surface area contributed by atoms with Crippen LogP contribution in [0.4, 0.5) is 0 Å². The average molecular weight is 285 g/mol. The number of halogens is 1. The minimum absolute atomic E-state index is 0.0272. The number of carbonyl (C=O) groups excluding carboxylic acids is 1. The molecule has 0 aliphatic heterocycles. The van der Waals surface area contributed by atoms with E-state index in [9.17, 15) is 4.79 Å². The van der Waals surface area contributed by atoms with Crippen LogP contribution in [0.5, 0.6) is 0 Å². The van der Waals surface area contributed by atoms with Crippen molar-refractivity contribution < 1.29 is 4.79 Å². The second-order valence-corrected chi connectivity index (χ2v) is 5.38. The topological polar surface area (TPSA) is 34.9 Å². The van der Waals surface area contributed by atoms with Crippen LogP contribution < -0.4 is 0 Å². The van der Waals surface area contributed by atoms with Gasteiger partial charge in [-0.3, -0.25) is 9.48 Å². The van der Waals surface area contributed by atoms with Gasteiger partial charge in [-0.2, -0.15) is 5.10 Å². The number of ketones is 1. The number of rotatable bonds is 2. The highest BCUT2D eigenvalue weighted by atomic mass is 79.9. The Balaban J connectivity index is 2.40. The average Bonchev–Trinajstić information content (AvgIpc) is 2.71. The highest BCUT2D eigenvalue weighted by Crippen LogP contribution is 2.22. The first-order valence-electron chi connectivity index (χ1n) is 4.38. The van der Waals surface area contributed by atoms with E-state index in [-0.39, 0.29) is 5.78 Å². The number of hydrogen-bond donors (Lipinski definition) is 0. The molecule has 78 valence electrons. The maximum Gasteiger partial charge on any atom is 0.224 e. The molecule has 0 aromatic carbocycles. The van der Waals surface area contributed by atoms with Gasteiger partial charge in [0, 0.05) is 18.1 Å². The molecule has 2 heterocycles. The summed E-state index contributed by atoms with van der Waals surface area (Å²) in [5.41, 5.74) is 0.472. The normalized spacial score (nSPS) is 10.6. The molecule has 0 N–H and O–H groups in total. The summed E-state index contributed by atoms with van der Waals surface area (Å²) in [6.07, 6.45) is 1.77. The summed E-state index contributed by atoms with van der Waals surface area (Å²) in [6.45, 7) is 1.98. The van der Waals surface area contributed by atoms with Gasteiger partial charge in [-0.15, -0.1) is 11.3 Å². The molecular weight excluding hydrogens is 276 g/mol. The second-order valence-electron chi connectivity index (χ2n) is 3.24. The Hall–Kier alpha value is -0.940. The standard InChI is InChI=1S/C10H9BrN2OS/c1-6-3-4-8(15-6)10(14)9-7(11)5-13(2)12-9/h3-5H,1-2H3. The molecule has 2 rings (SSSR count). The SMILES string of the molecule is Cc1ccc(C(=O)c2nn(C)cc2Br)s1. The lowest BCUT2D eigenvalue weighted by molar-refractivity contribution is 0.103. The molecule has 5 heteroatoms. The summed E-state index contributed by atoms with van der Waals surface area (Å²) in [6, 6.07) is 3.78. The van der Waals surface area contributed by atoms with Crippen LogP contribution in [0.15, 0.2) is 22.8 Å². The van der Waals surface area contributed by atoms with E-state index in [2.05, 4.69) is 21.0 Å². The van der Waals surface area contributed by atoms with Crippen molar-refractivity contribution in [1.29, 1.82) is 0 Å². The van der Waals surface area contributed by atoms with Gasteiger partial charge in [-0.1, -0.05) is 0 Å². The predicted molar refractivity (Wildman–Crippen MR) is 63.4 cm³/mol. The second kappa shape index (κ2) is 3.90. The Bertz CT molecular complexity index is 515. The van der Waals surface area contributed by atoms with Crippen molar-refractivity contribution in [2.75, 3.05) is 0 Å². The lowest BCUT2D eigenvalue weighted by Crippen LogP contribution is -2.01. The van der Waals surface area contributed by atoms with E-state index in [1.165, 1.54) is 11.3 Å². The number of carbonyl (C=O) groups is 1. The van der Waals surface area contributed by atoms with E-state index < -0.39 is 0 Å². The molecule has 0 fully saturated rings. The van der Waals surface area contributed by atoms with E-state index >= 15 is 0 Å². The smallest absolute Gasteiger partial charge is 0.224 e. The van der Waals surface area contributed by atoms with Gasteiger partial charge in [-0.05, 0) is 35.0 Å². The van der Waals surface area contributed by atoms with Gasteiger partial charge in [0.25, 0.3) is 0 Å². The Labute approximate surface area is 99.9 Å². The molecule has 0 aliphatic carbocycles.